The highest BCUT2D eigenvalue weighted by molar-refractivity contribution is 6.43. The zero-order chi connectivity index (χ0) is 16.6. The molecule has 0 aliphatic rings. The third kappa shape index (κ3) is 2.89. The van der Waals surface area contributed by atoms with E-state index in [1.54, 1.807) is 39.2 Å². The van der Waals surface area contributed by atoms with E-state index >= 15 is 0 Å². The molecule has 0 saturated carbocycles. The Kier molecular flexibility index (Phi) is 4.63. The van der Waals surface area contributed by atoms with Crippen LogP contribution >= 0.6 is 23.2 Å². The van der Waals surface area contributed by atoms with Crippen LogP contribution in [0.1, 0.15) is 21.7 Å². The molecule has 1 heterocycles. The van der Waals surface area contributed by atoms with E-state index in [0.717, 1.165) is 11.4 Å². The van der Waals surface area contributed by atoms with Crippen LogP contribution in [0.5, 0.6) is 0 Å². The minimum absolute atomic E-state index is 0.391. The largest absolute Gasteiger partial charge is 0.342 e. The number of likely N-dealkylation sites (N-methyl/N-ethyl adjacent to an activating group) is 1. The average Bonchev–Trinajstić information content (AvgIpc) is 2.75. The lowest BCUT2D eigenvalue weighted by molar-refractivity contribution is -0.124. The fourth-order valence-corrected chi connectivity index (χ4v) is 2.62. The highest BCUT2D eigenvalue weighted by atomic mass is 35.5. The number of halogens is 2. The Bertz CT molecular complexity index is 764. The summed E-state index contributed by atoms with van der Waals surface area (Å²) in [5, 5.41) is 0.899. The second-order valence-electron chi connectivity index (χ2n) is 5.25. The Hall–Kier alpha value is -1.78. The molecule has 0 aliphatic carbocycles. The molecular weight excluding hydrogens is 323 g/mol. The summed E-state index contributed by atoms with van der Waals surface area (Å²) in [5.74, 6) is -1.07. The number of amides is 1. The molecule has 0 saturated heterocycles. The predicted octanol–water partition coefficient (Wildman–Crippen LogP) is 3.67. The SMILES string of the molecule is Cc1cc(C(=O)C(=O)N(C)C)c(C)n1-c1ccc(Cl)c(Cl)c1. The van der Waals surface area contributed by atoms with Gasteiger partial charge in [-0.25, -0.2) is 0 Å². The third-order valence-electron chi connectivity index (χ3n) is 3.44. The van der Waals surface area contributed by atoms with E-state index < -0.39 is 11.7 Å². The number of carbonyl (C=O) groups is 2. The van der Waals surface area contributed by atoms with E-state index in [1.807, 2.05) is 17.6 Å². The van der Waals surface area contributed by atoms with E-state index in [4.69, 9.17) is 23.2 Å². The number of benzene rings is 1. The van der Waals surface area contributed by atoms with Gasteiger partial charge < -0.3 is 9.47 Å². The molecule has 0 unspecified atom stereocenters. The molecule has 4 nitrogen and oxygen atoms in total. The molecule has 0 bridgehead atoms. The lowest BCUT2D eigenvalue weighted by Crippen LogP contribution is -2.30. The maximum Gasteiger partial charge on any atom is 0.294 e. The Morgan fingerprint density at radius 3 is 2.23 bits per heavy atom. The highest BCUT2D eigenvalue weighted by Gasteiger charge is 2.23. The van der Waals surface area contributed by atoms with E-state index in [2.05, 4.69) is 0 Å². The van der Waals surface area contributed by atoms with Crippen molar-refractivity contribution in [1.29, 1.82) is 0 Å². The van der Waals surface area contributed by atoms with Crippen LogP contribution in [0.3, 0.4) is 0 Å². The predicted molar refractivity (Wildman–Crippen MR) is 88.3 cm³/mol. The molecule has 0 aliphatic heterocycles. The van der Waals surface area contributed by atoms with Gasteiger partial charge in [-0.2, -0.15) is 0 Å². The lowest BCUT2D eigenvalue weighted by Gasteiger charge is -2.12. The van der Waals surface area contributed by atoms with Crippen LogP contribution in [0.2, 0.25) is 10.0 Å². The zero-order valence-corrected chi connectivity index (χ0v) is 14.3. The molecular formula is C16H16Cl2N2O2. The van der Waals surface area contributed by atoms with Gasteiger partial charge in [0.1, 0.15) is 0 Å². The van der Waals surface area contributed by atoms with Gasteiger partial charge in [-0.15, -0.1) is 0 Å². The summed E-state index contributed by atoms with van der Waals surface area (Å²) in [6.45, 7) is 3.66. The van der Waals surface area contributed by atoms with Crippen LogP contribution in [0.4, 0.5) is 0 Å². The van der Waals surface area contributed by atoms with Crippen LogP contribution in [-0.4, -0.2) is 35.3 Å². The second kappa shape index (κ2) is 6.15. The van der Waals surface area contributed by atoms with Crippen LogP contribution in [0.15, 0.2) is 24.3 Å². The van der Waals surface area contributed by atoms with Crippen molar-refractivity contribution in [2.75, 3.05) is 14.1 Å². The topological polar surface area (TPSA) is 42.3 Å². The summed E-state index contributed by atoms with van der Waals surface area (Å²) in [6, 6.07) is 6.95. The average molecular weight is 339 g/mol. The summed E-state index contributed by atoms with van der Waals surface area (Å²) in [6.07, 6.45) is 0. The molecule has 1 aromatic heterocycles. The molecule has 0 radical (unpaired) electrons. The maximum absolute atomic E-state index is 12.3. The van der Waals surface area contributed by atoms with Crippen LogP contribution in [-0.2, 0) is 4.79 Å². The van der Waals surface area contributed by atoms with Gasteiger partial charge in [0.2, 0.25) is 0 Å². The Morgan fingerprint density at radius 2 is 1.68 bits per heavy atom. The van der Waals surface area contributed by atoms with Crippen molar-refractivity contribution < 1.29 is 9.59 Å². The Balaban J connectivity index is 2.54. The number of hydrogen-bond donors (Lipinski definition) is 0. The lowest BCUT2D eigenvalue weighted by atomic mass is 10.1. The fraction of sp³-hybridized carbons (Fsp3) is 0.250. The Morgan fingerprint density at radius 1 is 1.05 bits per heavy atom. The van der Waals surface area contributed by atoms with Crippen LogP contribution in [0, 0.1) is 13.8 Å². The standard InChI is InChI=1S/C16H16Cl2N2O2/c1-9-7-12(15(21)16(22)19(3)4)10(2)20(9)11-5-6-13(17)14(18)8-11/h5-8H,1-4H3. The first-order valence-corrected chi connectivity index (χ1v) is 7.40. The first-order chi connectivity index (χ1) is 10.2. The van der Waals surface area contributed by atoms with Crippen LogP contribution in [0.25, 0.3) is 5.69 Å². The molecule has 1 aromatic carbocycles. The molecule has 0 fully saturated rings. The zero-order valence-electron chi connectivity index (χ0n) is 12.8. The summed E-state index contributed by atoms with van der Waals surface area (Å²) in [5.41, 5.74) is 2.71. The molecule has 0 atom stereocenters. The Labute approximate surface area is 139 Å². The van der Waals surface area contributed by atoms with Crippen molar-refractivity contribution in [2.45, 2.75) is 13.8 Å². The maximum atomic E-state index is 12.3. The van der Waals surface area contributed by atoms with Crippen molar-refractivity contribution in [3.63, 3.8) is 0 Å². The number of rotatable bonds is 3. The van der Waals surface area contributed by atoms with E-state index in [1.165, 1.54) is 4.90 Å². The number of hydrogen-bond acceptors (Lipinski definition) is 2. The molecule has 0 N–H and O–H groups in total. The molecule has 2 aromatic rings. The fourth-order valence-electron chi connectivity index (χ4n) is 2.33. The molecule has 1 amide bonds. The second-order valence-corrected chi connectivity index (χ2v) is 6.06. The summed E-state index contributed by atoms with van der Waals surface area (Å²) < 4.78 is 1.87. The van der Waals surface area contributed by atoms with Gasteiger partial charge in [0.15, 0.2) is 0 Å². The van der Waals surface area contributed by atoms with E-state index in [-0.39, 0.29) is 0 Å². The number of ketones is 1. The van der Waals surface area contributed by atoms with Crippen molar-refractivity contribution in [2.24, 2.45) is 0 Å². The van der Waals surface area contributed by atoms with Crippen LogP contribution < -0.4 is 0 Å². The summed E-state index contributed by atoms with van der Waals surface area (Å²) >= 11 is 12.0. The van der Waals surface area contributed by atoms with Gasteiger partial charge in [-0.3, -0.25) is 9.59 Å². The minimum atomic E-state index is -0.547. The smallest absolute Gasteiger partial charge is 0.294 e. The molecule has 2 rings (SSSR count). The molecule has 6 heteroatoms. The minimum Gasteiger partial charge on any atom is -0.342 e. The number of aryl methyl sites for hydroxylation is 1. The van der Waals surface area contributed by atoms with Gasteiger partial charge in [-0.1, -0.05) is 23.2 Å². The van der Waals surface area contributed by atoms with E-state index in [0.29, 0.717) is 21.3 Å². The molecule has 116 valence electrons. The van der Waals surface area contributed by atoms with Gasteiger partial charge in [0.05, 0.1) is 10.0 Å². The number of Topliss-reactive ketones (excluding diaryl/α,β-unsaturated/α-hetero) is 1. The highest BCUT2D eigenvalue weighted by Crippen LogP contribution is 2.27. The quantitative estimate of drug-likeness (QED) is 0.632. The summed E-state index contributed by atoms with van der Waals surface area (Å²) in [7, 11) is 3.11. The van der Waals surface area contributed by atoms with Crippen molar-refractivity contribution in [3.8, 4) is 5.69 Å². The van der Waals surface area contributed by atoms with Crippen molar-refractivity contribution >= 4 is 34.9 Å². The van der Waals surface area contributed by atoms with Gasteiger partial charge in [0.25, 0.3) is 11.7 Å². The monoisotopic (exact) mass is 338 g/mol. The van der Waals surface area contributed by atoms with Crippen molar-refractivity contribution in [3.05, 3.63) is 51.3 Å². The number of carbonyl (C=O) groups excluding carboxylic acids is 2. The first kappa shape index (κ1) is 16.6. The van der Waals surface area contributed by atoms with E-state index in [9.17, 15) is 9.59 Å². The van der Waals surface area contributed by atoms with Crippen molar-refractivity contribution in [1.82, 2.24) is 9.47 Å². The first-order valence-electron chi connectivity index (χ1n) is 6.64. The number of aromatic nitrogens is 1. The third-order valence-corrected chi connectivity index (χ3v) is 4.18. The normalized spacial score (nSPS) is 10.6. The summed E-state index contributed by atoms with van der Waals surface area (Å²) in [4.78, 5) is 25.4. The molecule has 0 spiro atoms. The number of nitrogens with zero attached hydrogens (tertiary/aromatic N) is 2. The van der Waals surface area contributed by atoms with Gasteiger partial charge in [-0.05, 0) is 38.1 Å². The molecule has 22 heavy (non-hydrogen) atoms. The van der Waals surface area contributed by atoms with Gasteiger partial charge >= 0.3 is 0 Å². The van der Waals surface area contributed by atoms with Gasteiger partial charge in [0, 0.05) is 36.7 Å².